The van der Waals surface area contributed by atoms with E-state index in [1.54, 1.807) is 6.07 Å². The highest BCUT2D eigenvalue weighted by Crippen LogP contribution is 2.20. The van der Waals surface area contributed by atoms with Gasteiger partial charge in [-0.1, -0.05) is 36.7 Å². The molecule has 23 heavy (non-hydrogen) atoms. The molecule has 0 radical (unpaired) electrons. The molecule has 1 aliphatic heterocycles. The molecule has 1 saturated heterocycles. The smallest absolute Gasteiger partial charge is 0.252 e. The maximum Gasteiger partial charge on any atom is 0.252 e. The fourth-order valence-electron chi connectivity index (χ4n) is 3.04. The minimum atomic E-state index is -0.0872. The van der Waals surface area contributed by atoms with Crippen molar-refractivity contribution in [1.82, 2.24) is 15.2 Å². The fraction of sp³-hybridized carbons (Fsp3) is 0.444. The number of amides is 1. The molecular weight excluding hydrogens is 310 g/mol. The zero-order valence-electron chi connectivity index (χ0n) is 13.4. The van der Waals surface area contributed by atoms with Gasteiger partial charge in [0.25, 0.3) is 5.91 Å². The molecule has 1 fully saturated rings. The Kier molecular flexibility index (Phi) is 5.13. The molecule has 1 aromatic carbocycles. The largest absolute Gasteiger partial charge is 0.351 e. The maximum absolute atomic E-state index is 12.5. The van der Waals surface area contributed by atoms with Crippen molar-refractivity contribution in [2.75, 3.05) is 26.2 Å². The predicted molar refractivity (Wildman–Crippen MR) is 93.9 cm³/mol. The lowest BCUT2D eigenvalue weighted by molar-refractivity contribution is 0.0946. The third kappa shape index (κ3) is 4.01. The summed E-state index contributed by atoms with van der Waals surface area (Å²) in [6.07, 6.45) is 2.50. The number of nitrogens with one attached hydrogen (secondary N) is 1. The molecule has 122 valence electrons. The van der Waals surface area contributed by atoms with Crippen molar-refractivity contribution in [2.24, 2.45) is 5.92 Å². The third-order valence-electron chi connectivity index (χ3n) is 4.52. The molecule has 0 atom stereocenters. The second-order valence-electron chi connectivity index (χ2n) is 6.29. The summed E-state index contributed by atoms with van der Waals surface area (Å²) >= 11 is 6.04. The van der Waals surface area contributed by atoms with Gasteiger partial charge in [0, 0.05) is 18.5 Å². The van der Waals surface area contributed by atoms with E-state index in [-0.39, 0.29) is 5.91 Å². The normalized spacial score (nSPS) is 16.6. The average Bonchev–Trinajstić information content (AvgIpc) is 2.55. The van der Waals surface area contributed by atoms with Crippen LogP contribution in [0.15, 0.2) is 30.3 Å². The molecule has 5 heteroatoms. The third-order valence-corrected chi connectivity index (χ3v) is 4.71. The number of likely N-dealkylation sites (tertiary alicyclic amines) is 1. The number of halogens is 1. The lowest BCUT2D eigenvalue weighted by Crippen LogP contribution is -2.39. The summed E-state index contributed by atoms with van der Waals surface area (Å²) in [6.45, 7) is 6.11. The number of carbonyl (C=O) groups is 1. The van der Waals surface area contributed by atoms with Gasteiger partial charge in [-0.2, -0.15) is 0 Å². The number of benzene rings is 1. The second kappa shape index (κ2) is 7.28. The number of hydrogen-bond acceptors (Lipinski definition) is 3. The predicted octanol–water partition coefficient (Wildman–Crippen LogP) is 3.35. The molecule has 0 unspecified atom stereocenters. The van der Waals surface area contributed by atoms with Gasteiger partial charge in [0.1, 0.15) is 5.15 Å². The van der Waals surface area contributed by atoms with Crippen molar-refractivity contribution >= 4 is 28.4 Å². The minimum Gasteiger partial charge on any atom is -0.351 e. The van der Waals surface area contributed by atoms with E-state index < -0.39 is 0 Å². The second-order valence-corrected chi connectivity index (χ2v) is 6.68. The Hall–Kier alpha value is -1.65. The molecule has 1 aliphatic rings. The fourth-order valence-corrected chi connectivity index (χ4v) is 3.24. The van der Waals surface area contributed by atoms with E-state index in [0.717, 1.165) is 36.5 Å². The van der Waals surface area contributed by atoms with Crippen molar-refractivity contribution < 1.29 is 4.79 Å². The quantitative estimate of drug-likeness (QED) is 0.874. The Morgan fingerprint density at radius 3 is 2.87 bits per heavy atom. The molecule has 4 nitrogen and oxygen atoms in total. The summed E-state index contributed by atoms with van der Waals surface area (Å²) < 4.78 is 0. The zero-order valence-corrected chi connectivity index (χ0v) is 14.1. The number of nitrogens with zero attached hydrogens (tertiary/aromatic N) is 2. The number of pyridine rings is 1. The molecule has 0 spiro atoms. The highest BCUT2D eigenvalue weighted by Gasteiger charge is 2.16. The number of fused-ring (bicyclic) bond motifs is 1. The van der Waals surface area contributed by atoms with Crippen LogP contribution in [0.1, 0.15) is 30.1 Å². The van der Waals surface area contributed by atoms with Crippen LogP contribution in [0.5, 0.6) is 0 Å². The van der Waals surface area contributed by atoms with Crippen LogP contribution in [-0.2, 0) is 0 Å². The van der Waals surface area contributed by atoms with Crippen LogP contribution in [-0.4, -0.2) is 42.0 Å². The van der Waals surface area contributed by atoms with Crippen molar-refractivity contribution in [3.05, 3.63) is 41.0 Å². The van der Waals surface area contributed by atoms with Gasteiger partial charge >= 0.3 is 0 Å². The Bertz CT molecular complexity index is 696. The Morgan fingerprint density at radius 2 is 2.09 bits per heavy atom. The van der Waals surface area contributed by atoms with Gasteiger partial charge < -0.3 is 10.2 Å². The van der Waals surface area contributed by atoms with E-state index in [1.165, 1.54) is 12.8 Å². The number of hydrogen-bond donors (Lipinski definition) is 1. The van der Waals surface area contributed by atoms with Crippen LogP contribution in [0.4, 0.5) is 0 Å². The van der Waals surface area contributed by atoms with Crippen molar-refractivity contribution in [3.63, 3.8) is 0 Å². The van der Waals surface area contributed by atoms with Crippen LogP contribution >= 0.6 is 11.6 Å². The molecular formula is C18H22ClN3O. The number of rotatable bonds is 4. The minimum absolute atomic E-state index is 0.0872. The van der Waals surface area contributed by atoms with E-state index in [9.17, 15) is 4.79 Å². The summed E-state index contributed by atoms with van der Waals surface area (Å²) in [5, 5.41) is 4.19. The lowest BCUT2D eigenvalue weighted by Gasteiger charge is -2.30. The maximum atomic E-state index is 12.5. The van der Waals surface area contributed by atoms with E-state index in [1.807, 2.05) is 24.3 Å². The highest BCUT2D eigenvalue weighted by atomic mass is 35.5. The lowest BCUT2D eigenvalue weighted by atomic mass is 9.99. The summed E-state index contributed by atoms with van der Waals surface area (Å²) in [5.74, 6) is 0.738. The van der Waals surface area contributed by atoms with Crippen molar-refractivity contribution in [3.8, 4) is 0 Å². The number of carbonyl (C=O) groups excluding carboxylic acids is 1. The Labute approximate surface area is 141 Å². The first-order chi connectivity index (χ1) is 11.1. The van der Waals surface area contributed by atoms with Crippen LogP contribution in [0.3, 0.4) is 0 Å². The summed E-state index contributed by atoms with van der Waals surface area (Å²) in [4.78, 5) is 19.2. The Morgan fingerprint density at radius 1 is 1.35 bits per heavy atom. The zero-order chi connectivity index (χ0) is 16.2. The van der Waals surface area contributed by atoms with Gasteiger partial charge in [-0.15, -0.1) is 0 Å². The first-order valence-corrected chi connectivity index (χ1v) is 8.57. The molecule has 1 aromatic heterocycles. The standard InChI is InChI=1S/C18H22ClN3O/c1-13-6-9-22(10-7-13)11-8-20-18(23)15-12-17(19)21-16-5-3-2-4-14(15)16/h2-5,12-13H,6-11H2,1H3,(H,20,23). The van der Waals surface area contributed by atoms with E-state index in [4.69, 9.17) is 11.6 Å². The highest BCUT2D eigenvalue weighted by molar-refractivity contribution is 6.30. The Balaban J connectivity index is 1.62. The van der Waals surface area contributed by atoms with E-state index >= 15 is 0 Å². The number of para-hydroxylation sites is 1. The summed E-state index contributed by atoms with van der Waals surface area (Å²) in [7, 11) is 0. The van der Waals surface area contributed by atoms with Crippen LogP contribution < -0.4 is 5.32 Å². The number of aromatic nitrogens is 1. The van der Waals surface area contributed by atoms with Gasteiger partial charge in [-0.3, -0.25) is 4.79 Å². The molecule has 1 amide bonds. The van der Waals surface area contributed by atoms with Gasteiger partial charge in [-0.25, -0.2) is 4.98 Å². The molecule has 0 bridgehead atoms. The molecule has 1 N–H and O–H groups in total. The van der Waals surface area contributed by atoms with Crippen molar-refractivity contribution in [2.45, 2.75) is 19.8 Å². The number of piperidine rings is 1. The van der Waals surface area contributed by atoms with Gasteiger partial charge in [0.2, 0.25) is 0 Å². The molecule has 2 heterocycles. The molecule has 0 aliphatic carbocycles. The molecule has 0 saturated carbocycles. The molecule has 2 aromatic rings. The van der Waals surface area contributed by atoms with Crippen LogP contribution in [0, 0.1) is 5.92 Å². The van der Waals surface area contributed by atoms with Gasteiger partial charge in [-0.05, 0) is 44.0 Å². The summed E-state index contributed by atoms with van der Waals surface area (Å²) in [6, 6.07) is 9.21. The topological polar surface area (TPSA) is 45.2 Å². The van der Waals surface area contributed by atoms with E-state index in [0.29, 0.717) is 17.3 Å². The monoisotopic (exact) mass is 331 g/mol. The van der Waals surface area contributed by atoms with Gasteiger partial charge in [0.15, 0.2) is 0 Å². The SMILES string of the molecule is CC1CCN(CCNC(=O)c2cc(Cl)nc3ccccc23)CC1. The average molecular weight is 332 g/mol. The summed E-state index contributed by atoms with van der Waals surface area (Å²) in [5.41, 5.74) is 1.34. The van der Waals surface area contributed by atoms with Gasteiger partial charge in [0.05, 0.1) is 11.1 Å². The van der Waals surface area contributed by atoms with Crippen LogP contribution in [0.2, 0.25) is 5.15 Å². The first kappa shape index (κ1) is 16.2. The molecule has 3 rings (SSSR count). The van der Waals surface area contributed by atoms with E-state index in [2.05, 4.69) is 22.1 Å². The first-order valence-electron chi connectivity index (χ1n) is 8.19. The van der Waals surface area contributed by atoms with Crippen molar-refractivity contribution in [1.29, 1.82) is 0 Å². The van der Waals surface area contributed by atoms with Crippen LogP contribution in [0.25, 0.3) is 10.9 Å².